The largest absolute Gasteiger partial charge is 0.480 e. The fraction of sp³-hybridized carbons (Fsp3) is 0.364. The summed E-state index contributed by atoms with van der Waals surface area (Å²) in [6.45, 7) is 0. The molecule has 1 fully saturated rings. The Hall–Kier alpha value is -0.870. The number of rotatable bonds is 2. The summed E-state index contributed by atoms with van der Waals surface area (Å²) in [6.07, 6.45) is 1.06. The zero-order valence-corrected chi connectivity index (χ0v) is 9.70. The van der Waals surface area contributed by atoms with E-state index in [0.717, 1.165) is 4.47 Å². The van der Waals surface area contributed by atoms with Crippen molar-refractivity contribution >= 4 is 21.9 Å². The summed E-state index contributed by atoms with van der Waals surface area (Å²) in [5.41, 5.74) is 5.86. The molecular formula is C11H12BrNO2. The summed E-state index contributed by atoms with van der Waals surface area (Å²) >= 11 is 3.36. The van der Waals surface area contributed by atoms with Gasteiger partial charge in [0.1, 0.15) is 5.54 Å². The lowest BCUT2D eigenvalue weighted by atomic mass is 9.66. The second kappa shape index (κ2) is 3.61. The van der Waals surface area contributed by atoms with Crippen molar-refractivity contribution < 1.29 is 9.90 Å². The fourth-order valence-corrected chi connectivity index (χ4v) is 2.23. The molecule has 0 saturated heterocycles. The van der Waals surface area contributed by atoms with Crippen molar-refractivity contribution in [1.29, 1.82) is 0 Å². The van der Waals surface area contributed by atoms with Gasteiger partial charge in [-0.05, 0) is 36.5 Å². The lowest BCUT2D eigenvalue weighted by molar-refractivity contribution is -0.147. The SMILES string of the molecule is NC1(C(=O)O)CC(c2ccc(Br)cc2)C1. The normalized spacial score (nSPS) is 29.6. The van der Waals surface area contributed by atoms with Gasteiger partial charge in [-0.25, -0.2) is 0 Å². The number of hydrogen-bond donors (Lipinski definition) is 2. The van der Waals surface area contributed by atoms with Gasteiger partial charge >= 0.3 is 5.97 Å². The van der Waals surface area contributed by atoms with Crippen LogP contribution in [-0.2, 0) is 4.79 Å². The topological polar surface area (TPSA) is 63.3 Å². The maximum Gasteiger partial charge on any atom is 0.323 e. The average molecular weight is 270 g/mol. The van der Waals surface area contributed by atoms with E-state index in [1.807, 2.05) is 24.3 Å². The van der Waals surface area contributed by atoms with Crippen LogP contribution >= 0.6 is 15.9 Å². The summed E-state index contributed by atoms with van der Waals surface area (Å²) in [6, 6.07) is 7.95. The van der Waals surface area contributed by atoms with E-state index in [9.17, 15) is 4.79 Å². The molecular weight excluding hydrogens is 258 g/mol. The maximum atomic E-state index is 10.8. The van der Waals surface area contributed by atoms with E-state index >= 15 is 0 Å². The van der Waals surface area contributed by atoms with Crippen molar-refractivity contribution in [2.24, 2.45) is 5.73 Å². The molecule has 3 nitrogen and oxygen atoms in total. The predicted octanol–water partition coefficient (Wildman–Crippen LogP) is 2.11. The zero-order valence-electron chi connectivity index (χ0n) is 8.11. The van der Waals surface area contributed by atoms with Crippen molar-refractivity contribution in [3.05, 3.63) is 34.3 Å². The van der Waals surface area contributed by atoms with Crippen LogP contribution in [0.25, 0.3) is 0 Å². The lowest BCUT2D eigenvalue weighted by Crippen LogP contribution is -2.56. The van der Waals surface area contributed by atoms with Crippen molar-refractivity contribution in [3.63, 3.8) is 0 Å². The van der Waals surface area contributed by atoms with Crippen LogP contribution in [-0.4, -0.2) is 16.6 Å². The third-order valence-electron chi connectivity index (χ3n) is 2.99. The van der Waals surface area contributed by atoms with Crippen LogP contribution in [0.15, 0.2) is 28.7 Å². The number of carboxylic acids is 1. The third-order valence-corrected chi connectivity index (χ3v) is 3.52. The molecule has 4 heteroatoms. The minimum Gasteiger partial charge on any atom is -0.480 e. The average Bonchev–Trinajstić information content (AvgIpc) is 2.14. The van der Waals surface area contributed by atoms with Crippen molar-refractivity contribution in [2.45, 2.75) is 24.3 Å². The molecule has 0 bridgehead atoms. The molecule has 1 aromatic carbocycles. The van der Waals surface area contributed by atoms with Crippen molar-refractivity contribution in [1.82, 2.24) is 0 Å². The molecule has 0 atom stereocenters. The van der Waals surface area contributed by atoms with E-state index in [1.54, 1.807) is 0 Å². The number of benzene rings is 1. The number of carbonyl (C=O) groups is 1. The van der Waals surface area contributed by atoms with E-state index in [2.05, 4.69) is 15.9 Å². The van der Waals surface area contributed by atoms with Gasteiger partial charge in [-0.3, -0.25) is 4.79 Å². The van der Waals surface area contributed by atoms with Gasteiger partial charge < -0.3 is 10.8 Å². The minimum atomic E-state index is -1.00. The molecule has 3 N–H and O–H groups in total. The van der Waals surface area contributed by atoms with Crippen molar-refractivity contribution in [2.75, 3.05) is 0 Å². The van der Waals surface area contributed by atoms with E-state index < -0.39 is 11.5 Å². The molecule has 1 saturated carbocycles. The number of nitrogens with two attached hydrogens (primary N) is 1. The number of carboxylic acid groups (broad SMARTS) is 1. The molecule has 2 rings (SSSR count). The summed E-state index contributed by atoms with van der Waals surface area (Å²) in [5.74, 6) is -0.602. The van der Waals surface area contributed by atoms with Crippen LogP contribution in [0, 0.1) is 0 Å². The molecule has 0 unspecified atom stereocenters. The molecule has 0 heterocycles. The molecule has 0 aromatic heterocycles. The number of halogens is 1. The second-order valence-corrected chi connectivity index (χ2v) is 5.03. The van der Waals surface area contributed by atoms with Gasteiger partial charge in [-0.2, -0.15) is 0 Å². The first-order valence-electron chi connectivity index (χ1n) is 4.79. The van der Waals surface area contributed by atoms with Gasteiger partial charge in [0.2, 0.25) is 0 Å². The van der Waals surface area contributed by atoms with Gasteiger partial charge in [0.05, 0.1) is 0 Å². The Morgan fingerprint density at radius 2 is 1.93 bits per heavy atom. The maximum absolute atomic E-state index is 10.8. The highest BCUT2D eigenvalue weighted by molar-refractivity contribution is 9.10. The van der Waals surface area contributed by atoms with Crippen LogP contribution < -0.4 is 5.73 Å². The lowest BCUT2D eigenvalue weighted by Gasteiger charge is -2.41. The molecule has 15 heavy (non-hydrogen) atoms. The molecule has 0 spiro atoms. The summed E-state index contributed by atoms with van der Waals surface area (Å²) < 4.78 is 1.03. The van der Waals surface area contributed by atoms with Crippen LogP contribution in [0.3, 0.4) is 0 Å². The van der Waals surface area contributed by atoms with Gasteiger partial charge in [-0.15, -0.1) is 0 Å². The quantitative estimate of drug-likeness (QED) is 0.865. The van der Waals surface area contributed by atoms with Gasteiger partial charge in [0, 0.05) is 4.47 Å². The zero-order chi connectivity index (χ0) is 11.1. The predicted molar refractivity (Wildman–Crippen MR) is 60.7 cm³/mol. The van der Waals surface area contributed by atoms with Crippen LogP contribution in [0.2, 0.25) is 0 Å². The number of aliphatic carboxylic acids is 1. The summed E-state index contributed by atoms with van der Waals surface area (Å²) in [5, 5.41) is 8.87. The highest BCUT2D eigenvalue weighted by Gasteiger charge is 2.47. The third kappa shape index (κ3) is 1.92. The summed E-state index contributed by atoms with van der Waals surface area (Å²) in [7, 11) is 0. The van der Waals surface area contributed by atoms with E-state index in [-0.39, 0.29) is 0 Å². The van der Waals surface area contributed by atoms with Gasteiger partial charge in [0.15, 0.2) is 0 Å². The minimum absolute atomic E-state index is 0.291. The molecule has 0 amide bonds. The first kappa shape index (κ1) is 10.6. The van der Waals surface area contributed by atoms with E-state index in [1.165, 1.54) is 5.56 Å². The molecule has 0 radical (unpaired) electrons. The Morgan fingerprint density at radius 3 is 2.40 bits per heavy atom. The van der Waals surface area contributed by atoms with Crippen LogP contribution in [0.4, 0.5) is 0 Å². The molecule has 80 valence electrons. The molecule has 1 aromatic rings. The Balaban J connectivity index is 2.06. The molecule has 1 aliphatic rings. The molecule has 1 aliphatic carbocycles. The highest BCUT2D eigenvalue weighted by atomic mass is 79.9. The van der Waals surface area contributed by atoms with Crippen LogP contribution in [0.5, 0.6) is 0 Å². The van der Waals surface area contributed by atoms with Crippen molar-refractivity contribution in [3.8, 4) is 0 Å². The molecule has 0 aliphatic heterocycles. The Morgan fingerprint density at radius 1 is 1.40 bits per heavy atom. The highest BCUT2D eigenvalue weighted by Crippen LogP contribution is 2.43. The Kier molecular flexibility index (Phi) is 2.56. The fourth-order valence-electron chi connectivity index (χ4n) is 1.96. The second-order valence-electron chi connectivity index (χ2n) is 4.12. The summed E-state index contributed by atoms with van der Waals surface area (Å²) in [4.78, 5) is 10.8. The standard InChI is InChI=1S/C11H12BrNO2/c12-9-3-1-7(2-4-9)8-5-11(13,6-8)10(14)15/h1-4,8H,5-6,13H2,(H,14,15). The Bertz CT molecular complexity index is 382. The van der Waals surface area contributed by atoms with E-state index in [0.29, 0.717) is 18.8 Å². The van der Waals surface area contributed by atoms with Gasteiger partial charge in [0.25, 0.3) is 0 Å². The van der Waals surface area contributed by atoms with Gasteiger partial charge in [-0.1, -0.05) is 28.1 Å². The van der Waals surface area contributed by atoms with E-state index in [4.69, 9.17) is 10.8 Å². The first-order valence-corrected chi connectivity index (χ1v) is 5.58. The smallest absolute Gasteiger partial charge is 0.323 e. The van der Waals surface area contributed by atoms with Crippen LogP contribution in [0.1, 0.15) is 24.3 Å². The number of hydrogen-bond acceptors (Lipinski definition) is 2. The Labute approximate surface area is 96.4 Å². The monoisotopic (exact) mass is 269 g/mol. The first-order chi connectivity index (χ1) is 7.01.